The predicted octanol–water partition coefficient (Wildman–Crippen LogP) is 2.25. The van der Waals surface area contributed by atoms with E-state index in [9.17, 15) is 0 Å². The summed E-state index contributed by atoms with van der Waals surface area (Å²) in [6, 6.07) is 18.5. The zero-order valence-electron chi connectivity index (χ0n) is 8.93. The number of para-hydroxylation sites is 1. The highest BCUT2D eigenvalue weighted by atomic mass is 15.1. The van der Waals surface area contributed by atoms with Crippen LogP contribution in [0.3, 0.4) is 0 Å². The van der Waals surface area contributed by atoms with Gasteiger partial charge in [0.05, 0.1) is 5.56 Å². The molecule has 0 radical (unpaired) electrons. The van der Waals surface area contributed by atoms with Gasteiger partial charge in [0, 0.05) is 5.56 Å². The summed E-state index contributed by atoms with van der Waals surface area (Å²) in [5, 5.41) is 0. The highest BCUT2D eigenvalue weighted by Gasteiger charge is 2.24. The highest BCUT2D eigenvalue weighted by Crippen LogP contribution is 2.22. The Labute approximate surface area is 94.7 Å². The average molecular weight is 209 g/mol. The fraction of sp³-hybridized carbons (Fsp3) is 0.0714. The van der Waals surface area contributed by atoms with Crippen molar-refractivity contribution in [2.24, 2.45) is 5.73 Å². The lowest BCUT2D eigenvalue weighted by Gasteiger charge is -2.01. The third-order valence-corrected chi connectivity index (χ3v) is 2.98. The second-order valence-electron chi connectivity index (χ2n) is 3.96. The molecule has 0 saturated heterocycles. The van der Waals surface area contributed by atoms with Crippen LogP contribution in [0.4, 0.5) is 5.69 Å². The molecular formula is C14H13N2+. The van der Waals surface area contributed by atoms with Crippen molar-refractivity contribution < 1.29 is 4.58 Å². The van der Waals surface area contributed by atoms with E-state index >= 15 is 0 Å². The predicted molar refractivity (Wildman–Crippen MR) is 64.8 cm³/mol. The minimum absolute atomic E-state index is 0.849. The van der Waals surface area contributed by atoms with E-state index in [1.54, 1.807) is 0 Å². The van der Waals surface area contributed by atoms with Crippen molar-refractivity contribution in [1.29, 1.82) is 0 Å². The second-order valence-corrected chi connectivity index (χ2v) is 3.96. The molecule has 2 nitrogen and oxygen atoms in total. The molecule has 2 N–H and O–H groups in total. The summed E-state index contributed by atoms with van der Waals surface area (Å²) >= 11 is 0. The standard InChI is InChI=1S/C14H12N2/c15-14-13-9-5-4-6-11(13)10-16(14)12-7-2-1-3-8-12/h1-9,15H,10H2/p+1. The first-order valence-electron chi connectivity index (χ1n) is 5.39. The molecule has 0 atom stereocenters. The first-order valence-corrected chi connectivity index (χ1v) is 5.39. The molecule has 0 unspecified atom stereocenters. The van der Waals surface area contributed by atoms with Gasteiger partial charge in [-0.05, 0) is 18.2 Å². The Kier molecular flexibility index (Phi) is 2.00. The van der Waals surface area contributed by atoms with Gasteiger partial charge in [0.2, 0.25) is 0 Å². The number of fused-ring (bicyclic) bond motifs is 1. The molecule has 2 heteroatoms. The van der Waals surface area contributed by atoms with Crippen LogP contribution >= 0.6 is 0 Å². The van der Waals surface area contributed by atoms with Gasteiger partial charge in [-0.3, -0.25) is 5.73 Å². The number of benzene rings is 2. The molecular weight excluding hydrogens is 196 g/mol. The quantitative estimate of drug-likeness (QED) is 0.717. The molecule has 0 aliphatic carbocycles. The van der Waals surface area contributed by atoms with Crippen LogP contribution < -0.4 is 5.73 Å². The van der Waals surface area contributed by atoms with Crippen molar-refractivity contribution in [3.05, 3.63) is 65.7 Å². The minimum atomic E-state index is 0.849. The second kappa shape index (κ2) is 3.49. The van der Waals surface area contributed by atoms with Crippen molar-refractivity contribution in [2.45, 2.75) is 6.54 Å². The Balaban J connectivity index is 2.11. The Morgan fingerprint density at radius 3 is 2.31 bits per heavy atom. The molecule has 1 heterocycles. The van der Waals surface area contributed by atoms with Crippen LogP contribution in [0.25, 0.3) is 0 Å². The fourth-order valence-corrected chi connectivity index (χ4v) is 2.15. The van der Waals surface area contributed by atoms with E-state index in [2.05, 4.69) is 34.9 Å². The largest absolute Gasteiger partial charge is 0.286 e. The summed E-state index contributed by atoms with van der Waals surface area (Å²) < 4.78 is 2.14. The van der Waals surface area contributed by atoms with E-state index in [4.69, 9.17) is 5.73 Å². The monoisotopic (exact) mass is 209 g/mol. The zero-order chi connectivity index (χ0) is 11.0. The number of hydrogen-bond donors (Lipinski definition) is 1. The third kappa shape index (κ3) is 1.31. The Morgan fingerprint density at radius 1 is 0.875 bits per heavy atom. The summed E-state index contributed by atoms with van der Waals surface area (Å²) in [4.78, 5) is 0. The molecule has 0 aromatic heterocycles. The van der Waals surface area contributed by atoms with Gasteiger partial charge >= 0.3 is 0 Å². The number of nitrogens with zero attached hydrogens (tertiary/aromatic N) is 1. The first-order chi connectivity index (χ1) is 7.86. The smallest absolute Gasteiger partial charge is 0.280 e. The third-order valence-electron chi connectivity index (χ3n) is 2.98. The van der Waals surface area contributed by atoms with Gasteiger partial charge in [0.15, 0.2) is 0 Å². The van der Waals surface area contributed by atoms with Gasteiger partial charge < -0.3 is 0 Å². The summed E-state index contributed by atoms with van der Waals surface area (Å²) in [6.07, 6.45) is 0. The van der Waals surface area contributed by atoms with E-state index in [0.29, 0.717) is 0 Å². The molecule has 0 spiro atoms. The molecule has 0 bridgehead atoms. The lowest BCUT2D eigenvalue weighted by molar-refractivity contribution is -0.453. The molecule has 1 aliphatic rings. The minimum Gasteiger partial charge on any atom is -0.286 e. The van der Waals surface area contributed by atoms with E-state index in [1.807, 2.05) is 24.3 Å². The molecule has 2 aromatic rings. The van der Waals surface area contributed by atoms with Crippen LogP contribution in [0.15, 0.2) is 54.6 Å². The first kappa shape index (κ1) is 9.16. The number of amidine groups is 1. The van der Waals surface area contributed by atoms with Gasteiger partial charge in [-0.15, -0.1) is 0 Å². The van der Waals surface area contributed by atoms with Crippen LogP contribution in [-0.4, -0.2) is 10.4 Å². The summed E-state index contributed by atoms with van der Waals surface area (Å²) in [6.45, 7) is 0.867. The van der Waals surface area contributed by atoms with Gasteiger partial charge in [-0.25, -0.2) is 4.58 Å². The lowest BCUT2D eigenvalue weighted by atomic mass is 10.1. The van der Waals surface area contributed by atoms with Crippen LogP contribution in [-0.2, 0) is 6.54 Å². The molecule has 78 valence electrons. The van der Waals surface area contributed by atoms with Crippen molar-refractivity contribution >= 4 is 11.5 Å². The van der Waals surface area contributed by atoms with Crippen LogP contribution in [0.5, 0.6) is 0 Å². The molecule has 0 fully saturated rings. The Morgan fingerprint density at radius 2 is 1.56 bits per heavy atom. The number of rotatable bonds is 1. The molecule has 16 heavy (non-hydrogen) atoms. The molecule has 0 saturated carbocycles. The maximum absolute atomic E-state index is 6.17. The summed E-state index contributed by atoms with van der Waals surface area (Å²) in [5.41, 5.74) is 9.77. The van der Waals surface area contributed by atoms with Crippen molar-refractivity contribution in [1.82, 2.24) is 0 Å². The number of nitrogens with two attached hydrogens (primary N) is 1. The van der Waals surface area contributed by atoms with E-state index < -0.39 is 0 Å². The van der Waals surface area contributed by atoms with Crippen LogP contribution in [0, 0.1) is 0 Å². The number of hydrogen-bond acceptors (Lipinski definition) is 1. The Bertz CT molecular complexity index is 556. The van der Waals surface area contributed by atoms with E-state index in [-0.39, 0.29) is 0 Å². The highest BCUT2D eigenvalue weighted by molar-refractivity contribution is 5.97. The topological polar surface area (TPSA) is 29.0 Å². The maximum atomic E-state index is 6.17. The Hall–Kier alpha value is -2.09. The van der Waals surface area contributed by atoms with Crippen molar-refractivity contribution in [2.75, 3.05) is 0 Å². The maximum Gasteiger partial charge on any atom is 0.280 e. The van der Waals surface area contributed by atoms with E-state index in [1.165, 1.54) is 5.56 Å². The fourth-order valence-electron chi connectivity index (χ4n) is 2.15. The van der Waals surface area contributed by atoms with Crippen LogP contribution in [0.1, 0.15) is 11.1 Å². The lowest BCUT2D eigenvalue weighted by Crippen LogP contribution is -2.19. The zero-order valence-corrected chi connectivity index (χ0v) is 8.93. The normalized spacial score (nSPS) is 14.0. The molecule has 3 rings (SSSR count). The SMILES string of the molecule is NC1=[N+](c2ccccc2)Cc2ccccc21. The molecule has 1 aliphatic heterocycles. The summed E-state index contributed by atoms with van der Waals surface area (Å²) in [5.74, 6) is 0.849. The van der Waals surface area contributed by atoms with Crippen molar-refractivity contribution in [3.63, 3.8) is 0 Å². The van der Waals surface area contributed by atoms with Crippen molar-refractivity contribution in [3.8, 4) is 0 Å². The van der Waals surface area contributed by atoms with E-state index in [0.717, 1.165) is 23.6 Å². The van der Waals surface area contributed by atoms with Crippen LogP contribution in [0.2, 0.25) is 0 Å². The average Bonchev–Trinajstić information content (AvgIpc) is 2.69. The van der Waals surface area contributed by atoms with Gasteiger partial charge in [0.1, 0.15) is 12.2 Å². The van der Waals surface area contributed by atoms with Gasteiger partial charge in [-0.1, -0.05) is 36.4 Å². The molecule has 2 aromatic carbocycles. The van der Waals surface area contributed by atoms with Gasteiger partial charge in [0.25, 0.3) is 5.84 Å². The van der Waals surface area contributed by atoms with Gasteiger partial charge in [-0.2, -0.15) is 0 Å². The summed E-state index contributed by atoms with van der Waals surface area (Å²) in [7, 11) is 0. The molecule has 0 amide bonds.